The van der Waals surface area contributed by atoms with Gasteiger partial charge in [0.1, 0.15) is 0 Å². The van der Waals surface area contributed by atoms with E-state index in [0.717, 1.165) is 50.4 Å². The molecule has 0 aromatic rings. The van der Waals surface area contributed by atoms with E-state index in [0.29, 0.717) is 19.4 Å². The number of carbonyl (C=O) groups excluding carboxylic acids is 2. The molecule has 0 saturated heterocycles. The molecule has 0 spiro atoms. The Kier molecular flexibility index (Phi) is 18.2. The first-order valence-corrected chi connectivity index (χ1v) is 12.2. The van der Waals surface area contributed by atoms with Gasteiger partial charge in [-0.3, -0.25) is 9.59 Å². The van der Waals surface area contributed by atoms with Gasteiger partial charge in [0.05, 0.1) is 12.7 Å². The van der Waals surface area contributed by atoms with Crippen molar-refractivity contribution >= 4 is 11.9 Å². The van der Waals surface area contributed by atoms with Gasteiger partial charge in [-0.1, -0.05) is 79.1 Å². The Morgan fingerprint density at radius 2 is 1.07 bits per heavy atom. The third-order valence-corrected chi connectivity index (χ3v) is 5.18. The Bertz CT molecular complexity index is 404. The van der Waals surface area contributed by atoms with Gasteiger partial charge >= 0.3 is 11.9 Å². The van der Waals surface area contributed by atoms with Gasteiger partial charge in [0.15, 0.2) is 0 Å². The van der Waals surface area contributed by atoms with Crippen LogP contribution in [0.2, 0.25) is 0 Å². The number of ether oxygens (including phenoxy) is 2. The summed E-state index contributed by atoms with van der Waals surface area (Å²) in [6.07, 6.45) is 13.9. The second-order valence-corrected chi connectivity index (χ2v) is 9.36. The Morgan fingerprint density at radius 1 is 0.586 bits per heavy atom. The topological polar surface area (TPSA) is 52.6 Å². The van der Waals surface area contributed by atoms with E-state index in [1.165, 1.54) is 38.5 Å². The molecule has 0 N–H and O–H groups in total. The molecule has 0 aromatic carbocycles. The molecule has 0 heterocycles. The molecule has 0 rings (SSSR count). The Morgan fingerprint density at radius 3 is 1.59 bits per heavy atom. The van der Waals surface area contributed by atoms with Crippen molar-refractivity contribution in [2.24, 2.45) is 11.8 Å². The standard InChI is InChI=1S/C25H48O4/c1-21(2)15-10-6-8-12-18-24(26)28-20-14-17-23(5)29-25(27)19-13-9-7-11-16-22(3)4/h21-23H,6-20H2,1-5H3. The lowest BCUT2D eigenvalue weighted by Crippen LogP contribution is -2.16. The van der Waals surface area contributed by atoms with Crippen LogP contribution in [0.1, 0.15) is 125 Å². The Labute approximate surface area is 180 Å². The normalized spacial score (nSPS) is 12.4. The van der Waals surface area contributed by atoms with Crippen LogP contribution in [0.15, 0.2) is 0 Å². The molecule has 1 unspecified atom stereocenters. The molecule has 172 valence electrons. The smallest absolute Gasteiger partial charge is 0.306 e. The molecule has 0 aliphatic carbocycles. The van der Waals surface area contributed by atoms with Gasteiger partial charge in [0, 0.05) is 12.8 Å². The van der Waals surface area contributed by atoms with Crippen molar-refractivity contribution in [3.63, 3.8) is 0 Å². The highest BCUT2D eigenvalue weighted by molar-refractivity contribution is 5.69. The first-order valence-electron chi connectivity index (χ1n) is 12.2. The minimum atomic E-state index is -0.108. The molecule has 0 amide bonds. The fourth-order valence-corrected chi connectivity index (χ4v) is 3.32. The van der Waals surface area contributed by atoms with E-state index in [9.17, 15) is 9.59 Å². The number of rotatable bonds is 19. The predicted molar refractivity (Wildman–Crippen MR) is 121 cm³/mol. The highest BCUT2D eigenvalue weighted by Gasteiger charge is 2.10. The quantitative estimate of drug-likeness (QED) is 0.166. The minimum absolute atomic E-state index is 0.101. The van der Waals surface area contributed by atoms with E-state index in [1.54, 1.807) is 0 Å². The predicted octanol–water partition coefficient (Wildman–Crippen LogP) is 7.23. The van der Waals surface area contributed by atoms with Gasteiger partial charge in [-0.15, -0.1) is 0 Å². The molecule has 0 aliphatic heterocycles. The lowest BCUT2D eigenvalue weighted by molar-refractivity contribution is -0.150. The number of unbranched alkanes of at least 4 members (excludes halogenated alkanes) is 6. The fraction of sp³-hybridized carbons (Fsp3) is 0.920. The largest absolute Gasteiger partial charge is 0.466 e. The highest BCUT2D eigenvalue weighted by atomic mass is 16.5. The molecular formula is C25H48O4. The van der Waals surface area contributed by atoms with Crippen molar-refractivity contribution in [2.45, 2.75) is 131 Å². The molecule has 0 radical (unpaired) electrons. The molecular weight excluding hydrogens is 364 g/mol. The average molecular weight is 413 g/mol. The lowest BCUT2D eigenvalue weighted by Gasteiger charge is -2.13. The van der Waals surface area contributed by atoms with Gasteiger partial charge in [0.2, 0.25) is 0 Å². The molecule has 0 aromatic heterocycles. The number of hydrogen-bond donors (Lipinski definition) is 0. The number of carbonyl (C=O) groups is 2. The molecule has 4 nitrogen and oxygen atoms in total. The van der Waals surface area contributed by atoms with Crippen LogP contribution in [-0.2, 0) is 19.1 Å². The van der Waals surface area contributed by atoms with Crippen LogP contribution < -0.4 is 0 Å². The second-order valence-electron chi connectivity index (χ2n) is 9.36. The van der Waals surface area contributed by atoms with Crippen LogP contribution in [0.25, 0.3) is 0 Å². The first-order chi connectivity index (χ1) is 13.8. The summed E-state index contributed by atoms with van der Waals surface area (Å²) in [5.41, 5.74) is 0. The molecule has 0 saturated carbocycles. The molecule has 0 aliphatic rings. The Balaban J connectivity index is 3.50. The summed E-state index contributed by atoms with van der Waals surface area (Å²) < 4.78 is 10.7. The van der Waals surface area contributed by atoms with Crippen molar-refractivity contribution < 1.29 is 19.1 Å². The average Bonchev–Trinajstić information content (AvgIpc) is 2.64. The second kappa shape index (κ2) is 18.9. The summed E-state index contributed by atoms with van der Waals surface area (Å²) in [6, 6.07) is 0. The summed E-state index contributed by atoms with van der Waals surface area (Å²) in [5, 5.41) is 0. The van der Waals surface area contributed by atoms with Crippen LogP contribution in [0.5, 0.6) is 0 Å². The highest BCUT2D eigenvalue weighted by Crippen LogP contribution is 2.13. The van der Waals surface area contributed by atoms with Gasteiger partial charge in [-0.2, -0.15) is 0 Å². The minimum Gasteiger partial charge on any atom is -0.466 e. The zero-order valence-electron chi connectivity index (χ0n) is 20.0. The van der Waals surface area contributed by atoms with Crippen molar-refractivity contribution in [1.29, 1.82) is 0 Å². The fourth-order valence-electron chi connectivity index (χ4n) is 3.32. The van der Waals surface area contributed by atoms with E-state index in [1.807, 2.05) is 6.92 Å². The van der Waals surface area contributed by atoms with Crippen LogP contribution in [0.4, 0.5) is 0 Å². The van der Waals surface area contributed by atoms with E-state index in [4.69, 9.17) is 9.47 Å². The third kappa shape index (κ3) is 21.5. The van der Waals surface area contributed by atoms with Crippen molar-refractivity contribution in [3.8, 4) is 0 Å². The van der Waals surface area contributed by atoms with Crippen LogP contribution >= 0.6 is 0 Å². The van der Waals surface area contributed by atoms with Crippen LogP contribution in [0, 0.1) is 11.8 Å². The number of esters is 2. The van der Waals surface area contributed by atoms with E-state index in [2.05, 4.69) is 27.7 Å². The van der Waals surface area contributed by atoms with E-state index < -0.39 is 0 Å². The van der Waals surface area contributed by atoms with Gasteiger partial charge < -0.3 is 9.47 Å². The summed E-state index contributed by atoms with van der Waals surface area (Å²) in [6.45, 7) is 11.3. The molecule has 0 bridgehead atoms. The maximum atomic E-state index is 11.9. The van der Waals surface area contributed by atoms with Crippen molar-refractivity contribution in [2.75, 3.05) is 6.61 Å². The summed E-state index contributed by atoms with van der Waals surface area (Å²) >= 11 is 0. The Hall–Kier alpha value is -1.06. The summed E-state index contributed by atoms with van der Waals surface area (Å²) in [7, 11) is 0. The molecule has 1 atom stereocenters. The maximum Gasteiger partial charge on any atom is 0.306 e. The molecule has 29 heavy (non-hydrogen) atoms. The van der Waals surface area contributed by atoms with Crippen molar-refractivity contribution in [3.05, 3.63) is 0 Å². The zero-order chi connectivity index (χ0) is 21.9. The lowest BCUT2D eigenvalue weighted by atomic mass is 10.0. The van der Waals surface area contributed by atoms with Gasteiger partial charge in [-0.05, 0) is 44.4 Å². The first kappa shape index (κ1) is 27.9. The third-order valence-electron chi connectivity index (χ3n) is 5.18. The van der Waals surface area contributed by atoms with Gasteiger partial charge in [0.25, 0.3) is 0 Å². The summed E-state index contributed by atoms with van der Waals surface area (Å²) in [4.78, 5) is 23.6. The molecule has 4 heteroatoms. The number of hydrogen-bond acceptors (Lipinski definition) is 4. The zero-order valence-corrected chi connectivity index (χ0v) is 20.0. The van der Waals surface area contributed by atoms with E-state index >= 15 is 0 Å². The SMILES string of the molecule is CC(C)CCCCCCC(=O)OCCCC(C)OC(=O)CCCCCCC(C)C. The van der Waals surface area contributed by atoms with Crippen molar-refractivity contribution in [1.82, 2.24) is 0 Å². The van der Waals surface area contributed by atoms with Gasteiger partial charge in [-0.25, -0.2) is 0 Å². The van der Waals surface area contributed by atoms with Crippen LogP contribution in [0.3, 0.4) is 0 Å². The van der Waals surface area contributed by atoms with E-state index in [-0.39, 0.29) is 18.0 Å². The van der Waals surface area contributed by atoms with Crippen LogP contribution in [-0.4, -0.2) is 24.6 Å². The monoisotopic (exact) mass is 412 g/mol. The molecule has 0 fully saturated rings. The summed E-state index contributed by atoms with van der Waals surface area (Å²) in [5.74, 6) is 1.33. The maximum absolute atomic E-state index is 11.9.